The molecule has 0 saturated carbocycles. The fourth-order valence-corrected chi connectivity index (χ4v) is 3.15. The first-order valence-corrected chi connectivity index (χ1v) is 9.51. The number of carbonyl (C=O) groups is 1. The molecule has 4 N–H and O–H groups in total. The van der Waals surface area contributed by atoms with Gasteiger partial charge >= 0.3 is 13.3 Å². The Bertz CT molecular complexity index is 1310. The third-order valence-electron chi connectivity index (χ3n) is 4.70. The Labute approximate surface area is 184 Å². The Hall–Kier alpha value is -3.97. The molecule has 9 nitrogen and oxygen atoms in total. The predicted molar refractivity (Wildman–Crippen MR) is 112 cm³/mol. The van der Waals surface area contributed by atoms with Crippen molar-refractivity contribution >= 4 is 40.9 Å². The maximum absolute atomic E-state index is 13.1. The molecule has 0 radical (unpaired) electrons. The van der Waals surface area contributed by atoms with Crippen LogP contribution in [0.5, 0.6) is 0 Å². The van der Waals surface area contributed by atoms with E-state index < -0.39 is 30.4 Å². The van der Waals surface area contributed by atoms with Gasteiger partial charge in [-0.25, -0.2) is 9.61 Å². The van der Waals surface area contributed by atoms with E-state index in [4.69, 9.17) is 0 Å². The van der Waals surface area contributed by atoms with E-state index >= 15 is 0 Å². The normalized spacial score (nSPS) is 11.4. The largest absolute Gasteiger partial charge is 0.488 e. The highest BCUT2D eigenvalue weighted by molar-refractivity contribution is 6.58. The number of nitrogens with one attached hydrogen (secondary N) is 2. The number of fused-ring (bicyclic) bond motifs is 1. The minimum Gasteiger partial charge on any atom is -0.423 e. The highest BCUT2D eigenvalue weighted by Crippen LogP contribution is 2.35. The standard InChI is InChI=1S/C20H15BF3N5O4/c22-20(23,24)18-17-16(28-33-29-17)15(10-25-18)27-14-7-2-1-6-13(14)19(30)26-9-11-4-3-5-12(8-11)21(31)32/h1-8,10,27,31-32H,9H2,(H,26,30). The van der Waals surface area contributed by atoms with Crippen molar-refractivity contribution in [2.75, 3.05) is 5.32 Å². The fourth-order valence-electron chi connectivity index (χ4n) is 3.15. The molecule has 0 spiro atoms. The number of carbonyl (C=O) groups excluding carboxylic acids is 1. The number of anilines is 2. The summed E-state index contributed by atoms with van der Waals surface area (Å²) in [5.74, 6) is -0.470. The molecule has 4 aromatic rings. The molecule has 4 rings (SSSR count). The van der Waals surface area contributed by atoms with Crippen LogP contribution >= 0.6 is 0 Å². The average Bonchev–Trinajstić information content (AvgIpc) is 3.27. The molecular formula is C20H15BF3N5O4. The van der Waals surface area contributed by atoms with Crippen molar-refractivity contribution in [1.82, 2.24) is 20.6 Å². The van der Waals surface area contributed by atoms with Gasteiger partial charge in [-0.3, -0.25) is 4.79 Å². The second kappa shape index (κ2) is 8.88. The van der Waals surface area contributed by atoms with Crippen LogP contribution < -0.4 is 16.1 Å². The van der Waals surface area contributed by atoms with Gasteiger partial charge in [0, 0.05) is 6.54 Å². The van der Waals surface area contributed by atoms with Crippen molar-refractivity contribution in [3.8, 4) is 0 Å². The molecule has 0 aliphatic rings. The molecule has 0 aliphatic heterocycles. The molecule has 13 heteroatoms. The lowest BCUT2D eigenvalue weighted by Crippen LogP contribution is -2.30. The quantitative estimate of drug-likeness (QED) is 0.323. The zero-order chi connectivity index (χ0) is 23.6. The number of aromatic nitrogens is 3. The number of halogens is 3. The number of para-hydroxylation sites is 1. The molecule has 2 aromatic carbocycles. The fraction of sp³-hybridized carbons (Fsp3) is 0.100. The summed E-state index contributed by atoms with van der Waals surface area (Å²) in [6, 6.07) is 12.8. The van der Waals surface area contributed by atoms with Crippen LogP contribution in [0.2, 0.25) is 0 Å². The Morgan fingerprint density at radius 2 is 1.79 bits per heavy atom. The Morgan fingerprint density at radius 3 is 2.55 bits per heavy atom. The van der Waals surface area contributed by atoms with Crippen molar-refractivity contribution in [3.05, 3.63) is 71.5 Å². The van der Waals surface area contributed by atoms with Gasteiger partial charge in [-0.1, -0.05) is 36.4 Å². The molecule has 0 bridgehead atoms. The van der Waals surface area contributed by atoms with Gasteiger partial charge < -0.3 is 20.7 Å². The van der Waals surface area contributed by atoms with E-state index in [2.05, 4.69) is 30.6 Å². The number of rotatable bonds is 6. The number of benzene rings is 2. The van der Waals surface area contributed by atoms with Crippen LogP contribution in [0.15, 0.2) is 59.4 Å². The van der Waals surface area contributed by atoms with Crippen LogP contribution in [-0.2, 0) is 12.7 Å². The topological polar surface area (TPSA) is 133 Å². The summed E-state index contributed by atoms with van der Waals surface area (Å²) in [5, 5.41) is 31.0. The molecule has 2 heterocycles. The van der Waals surface area contributed by atoms with Crippen molar-refractivity contribution in [3.63, 3.8) is 0 Å². The van der Waals surface area contributed by atoms with Gasteiger partial charge in [0.05, 0.1) is 23.1 Å². The van der Waals surface area contributed by atoms with E-state index in [1.165, 1.54) is 18.2 Å². The summed E-state index contributed by atoms with van der Waals surface area (Å²) >= 11 is 0. The average molecular weight is 457 g/mol. The monoisotopic (exact) mass is 457 g/mol. The maximum Gasteiger partial charge on any atom is 0.488 e. The summed E-state index contributed by atoms with van der Waals surface area (Å²) in [5.41, 5.74) is -0.478. The van der Waals surface area contributed by atoms with E-state index in [9.17, 15) is 28.0 Å². The van der Waals surface area contributed by atoms with Gasteiger partial charge in [-0.05, 0) is 33.5 Å². The van der Waals surface area contributed by atoms with E-state index in [-0.39, 0.29) is 28.8 Å². The second-order valence-corrected chi connectivity index (χ2v) is 6.95. The summed E-state index contributed by atoms with van der Waals surface area (Å²) < 4.78 is 43.9. The van der Waals surface area contributed by atoms with Crippen LogP contribution in [0.25, 0.3) is 11.0 Å². The first kappa shape index (κ1) is 22.2. The summed E-state index contributed by atoms with van der Waals surface area (Å²) in [4.78, 5) is 16.2. The van der Waals surface area contributed by atoms with Crippen LogP contribution in [0.3, 0.4) is 0 Å². The molecule has 0 fully saturated rings. The third kappa shape index (κ3) is 4.78. The van der Waals surface area contributed by atoms with Crippen LogP contribution in [0.1, 0.15) is 21.6 Å². The maximum atomic E-state index is 13.1. The van der Waals surface area contributed by atoms with E-state index in [1.54, 1.807) is 30.3 Å². The van der Waals surface area contributed by atoms with Gasteiger partial charge in [0.2, 0.25) is 0 Å². The number of amides is 1. The SMILES string of the molecule is O=C(NCc1cccc(B(O)O)c1)c1ccccc1Nc1cnc(C(F)(F)F)c2nonc12. The van der Waals surface area contributed by atoms with Crippen molar-refractivity contribution in [1.29, 1.82) is 0 Å². The van der Waals surface area contributed by atoms with Crippen LogP contribution in [-0.4, -0.2) is 38.4 Å². The zero-order valence-electron chi connectivity index (χ0n) is 16.7. The second-order valence-electron chi connectivity index (χ2n) is 6.95. The molecule has 1 amide bonds. The van der Waals surface area contributed by atoms with Crippen LogP contribution in [0, 0.1) is 0 Å². The molecule has 0 unspecified atom stereocenters. The van der Waals surface area contributed by atoms with Crippen molar-refractivity contribution in [2.45, 2.75) is 12.7 Å². The molecule has 0 aliphatic carbocycles. The minimum atomic E-state index is -4.74. The number of alkyl halides is 3. The molecule has 2 aromatic heterocycles. The lowest BCUT2D eigenvalue weighted by atomic mass is 9.79. The van der Waals surface area contributed by atoms with Crippen molar-refractivity contribution in [2.24, 2.45) is 0 Å². The number of pyridine rings is 1. The highest BCUT2D eigenvalue weighted by Gasteiger charge is 2.37. The third-order valence-corrected chi connectivity index (χ3v) is 4.70. The first-order valence-electron chi connectivity index (χ1n) is 9.51. The molecular weight excluding hydrogens is 442 g/mol. The lowest BCUT2D eigenvalue weighted by Gasteiger charge is -2.13. The van der Waals surface area contributed by atoms with Crippen LogP contribution in [0.4, 0.5) is 24.5 Å². The van der Waals surface area contributed by atoms with Gasteiger partial charge in [0.15, 0.2) is 16.7 Å². The molecule has 33 heavy (non-hydrogen) atoms. The smallest absolute Gasteiger partial charge is 0.423 e. The van der Waals surface area contributed by atoms with Gasteiger partial charge in [0.1, 0.15) is 0 Å². The Balaban J connectivity index is 1.57. The van der Waals surface area contributed by atoms with Crippen molar-refractivity contribution < 1.29 is 32.6 Å². The van der Waals surface area contributed by atoms with E-state index in [0.717, 1.165) is 6.20 Å². The first-order chi connectivity index (χ1) is 15.7. The Kier molecular flexibility index (Phi) is 5.98. The zero-order valence-corrected chi connectivity index (χ0v) is 16.7. The number of hydrogen-bond acceptors (Lipinski definition) is 8. The Morgan fingerprint density at radius 1 is 1.03 bits per heavy atom. The number of hydrogen-bond donors (Lipinski definition) is 4. The molecule has 0 saturated heterocycles. The lowest BCUT2D eigenvalue weighted by molar-refractivity contribution is -0.140. The highest BCUT2D eigenvalue weighted by atomic mass is 19.4. The summed E-state index contributed by atoms with van der Waals surface area (Å²) in [6.07, 6.45) is -3.80. The van der Waals surface area contributed by atoms with Gasteiger partial charge in [-0.15, -0.1) is 0 Å². The van der Waals surface area contributed by atoms with E-state index in [0.29, 0.717) is 11.3 Å². The van der Waals surface area contributed by atoms with Gasteiger partial charge in [-0.2, -0.15) is 13.2 Å². The minimum absolute atomic E-state index is 0.0733. The molecule has 168 valence electrons. The summed E-state index contributed by atoms with van der Waals surface area (Å²) in [6.45, 7) is 0.104. The number of nitrogens with zero attached hydrogens (tertiary/aromatic N) is 3. The van der Waals surface area contributed by atoms with Gasteiger partial charge in [0.25, 0.3) is 5.91 Å². The summed E-state index contributed by atoms with van der Waals surface area (Å²) in [7, 11) is -1.63. The van der Waals surface area contributed by atoms with E-state index in [1.807, 2.05) is 0 Å². The molecule has 0 atom stereocenters. The predicted octanol–water partition coefficient (Wildman–Crippen LogP) is 1.99.